The Kier molecular flexibility index (Phi) is 6.68. The zero-order valence-electron chi connectivity index (χ0n) is 19.7. The summed E-state index contributed by atoms with van der Waals surface area (Å²) in [6.45, 7) is 1.40. The standard InChI is InChI=1S/C26H26ClN5O3S/c1-17(33)29-20-14-22-23(18-12-24(27)31-25(13-18)30-19-8-4-2-5-9-19)16-32(26(22)28-15-20)36(34,35)21-10-6-3-7-11-21/h3,6-7,10-16,19H,2,4-5,8-9H2,1H3,(H,29,33)(H,30,31). The Bertz CT molecular complexity index is 1530. The zero-order chi connectivity index (χ0) is 25.3. The van der Waals surface area contributed by atoms with Gasteiger partial charge in [-0.25, -0.2) is 22.4 Å². The minimum Gasteiger partial charge on any atom is -0.367 e. The second-order valence-corrected chi connectivity index (χ2v) is 11.2. The van der Waals surface area contributed by atoms with E-state index < -0.39 is 10.0 Å². The summed E-state index contributed by atoms with van der Waals surface area (Å²) in [5.41, 5.74) is 2.02. The summed E-state index contributed by atoms with van der Waals surface area (Å²) in [4.78, 5) is 20.7. The molecule has 1 amide bonds. The van der Waals surface area contributed by atoms with Crippen molar-refractivity contribution in [1.82, 2.24) is 13.9 Å². The van der Waals surface area contributed by atoms with Crippen molar-refractivity contribution in [1.29, 1.82) is 0 Å². The van der Waals surface area contributed by atoms with Crippen LogP contribution >= 0.6 is 11.6 Å². The van der Waals surface area contributed by atoms with E-state index in [0.717, 1.165) is 12.8 Å². The Balaban J connectivity index is 1.66. The molecule has 0 saturated heterocycles. The molecular formula is C26H26ClN5O3S. The van der Waals surface area contributed by atoms with Crippen LogP contribution in [0.1, 0.15) is 39.0 Å². The number of rotatable bonds is 6. The summed E-state index contributed by atoms with van der Waals surface area (Å²) >= 11 is 6.41. The van der Waals surface area contributed by atoms with E-state index in [1.54, 1.807) is 48.7 Å². The lowest BCUT2D eigenvalue weighted by Gasteiger charge is -2.23. The van der Waals surface area contributed by atoms with Crippen molar-refractivity contribution < 1.29 is 13.2 Å². The number of nitrogens with one attached hydrogen (secondary N) is 2. The van der Waals surface area contributed by atoms with Crippen LogP contribution in [0.3, 0.4) is 0 Å². The Morgan fingerprint density at radius 1 is 1.08 bits per heavy atom. The minimum absolute atomic E-state index is 0.147. The molecular weight excluding hydrogens is 498 g/mol. The molecule has 3 heterocycles. The van der Waals surface area contributed by atoms with Crippen molar-refractivity contribution in [2.45, 2.75) is 50.0 Å². The number of pyridine rings is 2. The van der Waals surface area contributed by atoms with Gasteiger partial charge in [0.05, 0.1) is 16.8 Å². The van der Waals surface area contributed by atoms with E-state index in [4.69, 9.17) is 11.6 Å². The zero-order valence-corrected chi connectivity index (χ0v) is 21.3. The second kappa shape index (κ2) is 9.91. The number of carbonyl (C=O) groups is 1. The van der Waals surface area contributed by atoms with Crippen molar-refractivity contribution in [3.05, 3.63) is 66.1 Å². The van der Waals surface area contributed by atoms with Gasteiger partial charge in [0.15, 0.2) is 5.65 Å². The van der Waals surface area contributed by atoms with Crippen molar-refractivity contribution >= 4 is 50.1 Å². The number of aromatic nitrogens is 3. The fourth-order valence-electron chi connectivity index (χ4n) is 4.65. The first-order valence-electron chi connectivity index (χ1n) is 11.8. The summed E-state index contributed by atoms with van der Waals surface area (Å²) in [7, 11) is -3.93. The normalized spacial score (nSPS) is 14.6. The van der Waals surface area contributed by atoms with Crippen molar-refractivity contribution in [2.24, 2.45) is 0 Å². The number of fused-ring (bicyclic) bond motifs is 1. The number of hydrogen-bond acceptors (Lipinski definition) is 6. The van der Waals surface area contributed by atoms with Gasteiger partial charge in [-0.2, -0.15) is 0 Å². The average molecular weight is 524 g/mol. The SMILES string of the molecule is CC(=O)Nc1cnc2c(c1)c(-c1cc(Cl)nc(NC3CCCCC3)c1)cn2S(=O)(=O)c1ccccc1. The number of halogens is 1. The van der Waals surface area contributed by atoms with Gasteiger partial charge in [0.1, 0.15) is 11.0 Å². The molecule has 3 aromatic heterocycles. The van der Waals surface area contributed by atoms with Gasteiger partial charge < -0.3 is 10.6 Å². The summed E-state index contributed by atoms with van der Waals surface area (Å²) in [6.07, 6.45) is 8.73. The van der Waals surface area contributed by atoms with E-state index in [1.165, 1.54) is 36.4 Å². The van der Waals surface area contributed by atoms with Gasteiger partial charge in [0.25, 0.3) is 10.0 Å². The monoisotopic (exact) mass is 523 g/mol. The molecule has 1 fully saturated rings. The molecule has 0 radical (unpaired) electrons. The molecule has 4 aromatic rings. The molecule has 1 aromatic carbocycles. The van der Waals surface area contributed by atoms with Gasteiger partial charge >= 0.3 is 0 Å². The molecule has 0 atom stereocenters. The molecule has 0 aliphatic heterocycles. The maximum Gasteiger partial charge on any atom is 0.269 e. The van der Waals surface area contributed by atoms with Crippen LogP contribution in [-0.4, -0.2) is 34.3 Å². The van der Waals surface area contributed by atoms with Gasteiger partial charge in [-0.05, 0) is 48.7 Å². The van der Waals surface area contributed by atoms with Crippen LogP contribution in [0.5, 0.6) is 0 Å². The van der Waals surface area contributed by atoms with E-state index in [9.17, 15) is 13.2 Å². The number of carbonyl (C=O) groups excluding carboxylic acids is 1. The maximum atomic E-state index is 13.6. The van der Waals surface area contributed by atoms with E-state index in [-0.39, 0.29) is 16.4 Å². The van der Waals surface area contributed by atoms with Crippen LogP contribution in [0.25, 0.3) is 22.2 Å². The Labute approximate surface area is 214 Å². The Morgan fingerprint density at radius 3 is 2.56 bits per heavy atom. The fraction of sp³-hybridized carbons (Fsp3) is 0.269. The van der Waals surface area contributed by atoms with Gasteiger partial charge in [-0.15, -0.1) is 0 Å². The summed E-state index contributed by atoms with van der Waals surface area (Å²) < 4.78 is 28.3. The summed E-state index contributed by atoms with van der Waals surface area (Å²) in [6, 6.07) is 13.8. The molecule has 5 rings (SSSR count). The molecule has 36 heavy (non-hydrogen) atoms. The van der Waals surface area contributed by atoms with Gasteiger partial charge in [-0.3, -0.25) is 4.79 Å². The van der Waals surface area contributed by atoms with E-state index in [1.807, 2.05) is 6.07 Å². The van der Waals surface area contributed by atoms with E-state index in [0.29, 0.717) is 39.2 Å². The highest BCUT2D eigenvalue weighted by Gasteiger charge is 2.24. The second-order valence-electron chi connectivity index (χ2n) is 8.98. The number of nitrogens with zero attached hydrogens (tertiary/aromatic N) is 3. The molecule has 10 heteroatoms. The number of anilines is 2. The van der Waals surface area contributed by atoms with E-state index in [2.05, 4.69) is 20.6 Å². The van der Waals surface area contributed by atoms with Crippen LogP contribution in [0.15, 0.2) is 65.8 Å². The summed E-state index contributed by atoms with van der Waals surface area (Å²) in [5.74, 6) is 0.391. The lowest BCUT2D eigenvalue weighted by molar-refractivity contribution is -0.114. The minimum atomic E-state index is -3.93. The van der Waals surface area contributed by atoms with Crippen LogP contribution in [0.4, 0.5) is 11.5 Å². The third-order valence-corrected chi connectivity index (χ3v) is 8.15. The lowest BCUT2D eigenvalue weighted by Crippen LogP contribution is -2.22. The molecule has 1 saturated carbocycles. The highest BCUT2D eigenvalue weighted by Crippen LogP contribution is 2.36. The molecule has 0 bridgehead atoms. The Morgan fingerprint density at radius 2 is 1.83 bits per heavy atom. The van der Waals surface area contributed by atoms with Crippen molar-refractivity contribution in [2.75, 3.05) is 10.6 Å². The molecule has 1 aliphatic carbocycles. The largest absolute Gasteiger partial charge is 0.367 e. The fourth-order valence-corrected chi connectivity index (χ4v) is 6.21. The third-order valence-electron chi connectivity index (χ3n) is 6.29. The number of amides is 1. The number of hydrogen-bond donors (Lipinski definition) is 2. The topological polar surface area (TPSA) is 106 Å². The van der Waals surface area contributed by atoms with Crippen molar-refractivity contribution in [3.8, 4) is 11.1 Å². The van der Waals surface area contributed by atoms with Crippen LogP contribution in [-0.2, 0) is 14.8 Å². The van der Waals surface area contributed by atoms with Gasteiger partial charge in [-0.1, -0.05) is 49.1 Å². The van der Waals surface area contributed by atoms with Crippen LogP contribution in [0, 0.1) is 0 Å². The Hall–Kier alpha value is -3.43. The van der Waals surface area contributed by atoms with Crippen molar-refractivity contribution in [3.63, 3.8) is 0 Å². The molecule has 186 valence electrons. The van der Waals surface area contributed by atoms with Gasteiger partial charge in [0, 0.05) is 30.1 Å². The molecule has 0 spiro atoms. The highest BCUT2D eigenvalue weighted by atomic mass is 35.5. The molecule has 1 aliphatic rings. The van der Waals surface area contributed by atoms with Crippen LogP contribution < -0.4 is 10.6 Å². The first-order valence-corrected chi connectivity index (χ1v) is 13.7. The first-order chi connectivity index (χ1) is 17.3. The smallest absolute Gasteiger partial charge is 0.269 e. The maximum absolute atomic E-state index is 13.6. The molecule has 0 unspecified atom stereocenters. The lowest BCUT2D eigenvalue weighted by atomic mass is 9.95. The number of benzene rings is 1. The van der Waals surface area contributed by atoms with Crippen LogP contribution in [0.2, 0.25) is 5.15 Å². The predicted molar refractivity (Wildman–Crippen MR) is 142 cm³/mol. The quantitative estimate of drug-likeness (QED) is 0.314. The van der Waals surface area contributed by atoms with E-state index >= 15 is 0 Å². The average Bonchev–Trinajstić information content (AvgIpc) is 3.24. The van der Waals surface area contributed by atoms with Gasteiger partial charge in [0.2, 0.25) is 5.91 Å². The predicted octanol–water partition coefficient (Wildman–Crippen LogP) is 5.69. The third kappa shape index (κ3) is 4.94. The summed E-state index contributed by atoms with van der Waals surface area (Å²) in [5, 5.41) is 7.07. The molecule has 8 nitrogen and oxygen atoms in total. The molecule has 2 N–H and O–H groups in total. The highest BCUT2D eigenvalue weighted by molar-refractivity contribution is 7.90. The first kappa shape index (κ1) is 24.3.